The lowest BCUT2D eigenvalue weighted by atomic mass is 10.1. The lowest BCUT2D eigenvalue weighted by Crippen LogP contribution is -2.19. The zero-order chi connectivity index (χ0) is 17.3. The molecule has 0 fully saturated rings. The van der Waals surface area contributed by atoms with Crippen LogP contribution in [-0.4, -0.2) is 32.7 Å². The van der Waals surface area contributed by atoms with Crippen LogP contribution in [0.4, 0.5) is 10.1 Å². The van der Waals surface area contributed by atoms with Crippen molar-refractivity contribution in [1.29, 1.82) is 0 Å². The average molecular weight is 353 g/mol. The van der Waals surface area contributed by atoms with E-state index in [0.717, 1.165) is 12.1 Å². The maximum Gasteiger partial charge on any atom is 0.337 e. The minimum Gasteiger partial charge on any atom is -0.486 e. The van der Waals surface area contributed by atoms with Gasteiger partial charge in [-0.3, -0.25) is 4.72 Å². The molecule has 1 aliphatic rings. The number of anilines is 1. The maximum atomic E-state index is 13.2. The molecule has 0 bridgehead atoms. The van der Waals surface area contributed by atoms with Gasteiger partial charge in [-0.15, -0.1) is 0 Å². The molecule has 7 nitrogen and oxygen atoms in total. The molecule has 2 aromatic carbocycles. The molecule has 0 spiro atoms. The second kappa shape index (κ2) is 6.00. The Kier molecular flexibility index (Phi) is 4.02. The zero-order valence-corrected chi connectivity index (χ0v) is 13.0. The lowest BCUT2D eigenvalue weighted by Gasteiger charge is -2.20. The van der Waals surface area contributed by atoms with Gasteiger partial charge < -0.3 is 14.6 Å². The van der Waals surface area contributed by atoms with E-state index in [-0.39, 0.29) is 40.9 Å². The first-order valence-corrected chi connectivity index (χ1v) is 8.30. The average Bonchev–Trinajstić information content (AvgIpc) is 2.53. The fraction of sp³-hybridized carbons (Fsp3) is 0.133. The highest BCUT2D eigenvalue weighted by Crippen LogP contribution is 2.36. The van der Waals surface area contributed by atoms with Gasteiger partial charge in [0.2, 0.25) is 0 Å². The van der Waals surface area contributed by atoms with Crippen molar-refractivity contribution in [3.05, 3.63) is 47.8 Å². The fourth-order valence-corrected chi connectivity index (χ4v) is 3.29. The summed E-state index contributed by atoms with van der Waals surface area (Å²) < 4.78 is 50.7. The third-order valence-corrected chi connectivity index (χ3v) is 4.63. The van der Waals surface area contributed by atoms with Gasteiger partial charge >= 0.3 is 5.97 Å². The van der Waals surface area contributed by atoms with Gasteiger partial charge in [-0.2, -0.15) is 0 Å². The molecule has 126 valence electrons. The Bertz CT molecular complexity index is 912. The first-order chi connectivity index (χ1) is 11.4. The molecule has 24 heavy (non-hydrogen) atoms. The molecule has 0 radical (unpaired) electrons. The van der Waals surface area contributed by atoms with E-state index >= 15 is 0 Å². The summed E-state index contributed by atoms with van der Waals surface area (Å²) in [7, 11) is -4.17. The van der Waals surface area contributed by atoms with Crippen LogP contribution in [0.15, 0.2) is 41.3 Å². The number of benzene rings is 2. The van der Waals surface area contributed by atoms with Crippen LogP contribution >= 0.6 is 0 Å². The van der Waals surface area contributed by atoms with E-state index in [1.165, 1.54) is 24.3 Å². The molecule has 1 aliphatic heterocycles. The third-order valence-electron chi connectivity index (χ3n) is 3.26. The number of carboxylic acid groups (broad SMARTS) is 1. The Hall–Kier alpha value is -2.81. The van der Waals surface area contributed by atoms with Gasteiger partial charge in [-0.1, -0.05) is 6.07 Å². The van der Waals surface area contributed by atoms with Crippen LogP contribution in [0.3, 0.4) is 0 Å². The van der Waals surface area contributed by atoms with Crippen molar-refractivity contribution in [1.82, 2.24) is 0 Å². The SMILES string of the molecule is O=C(O)c1cc2c(cc1NS(=O)(=O)c1cccc(F)c1)OCCO2. The summed E-state index contributed by atoms with van der Waals surface area (Å²) in [6.07, 6.45) is 0. The predicted octanol–water partition coefficient (Wildman–Crippen LogP) is 2.10. The summed E-state index contributed by atoms with van der Waals surface area (Å²) in [6.45, 7) is 0.524. The molecule has 0 amide bonds. The van der Waals surface area contributed by atoms with E-state index in [9.17, 15) is 22.7 Å². The quantitative estimate of drug-likeness (QED) is 0.873. The van der Waals surface area contributed by atoms with Crippen LogP contribution in [0.25, 0.3) is 0 Å². The Balaban J connectivity index is 2.04. The van der Waals surface area contributed by atoms with Crippen molar-refractivity contribution < 1.29 is 32.2 Å². The second-order valence-corrected chi connectivity index (χ2v) is 6.59. The molecule has 1 heterocycles. The normalized spacial score (nSPS) is 13.4. The monoisotopic (exact) mass is 353 g/mol. The number of carbonyl (C=O) groups is 1. The van der Waals surface area contributed by atoms with Crippen molar-refractivity contribution in [2.75, 3.05) is 17.9 Å². The number of rotatable bonds is 4. The van der Waals surface area contributed by atoms with Crippen molar-refractivity contribution in [3.63, 3.8) is 0 Å². The topological polar surface area (TPSA) is 102 Å². The number of hydrogen-bond acceptors (Lipinski definition) is 5. The van der Waals surface area contributed by atoms with Gasteiger partial charge in [-0.25, -0.2) is 17.6 Å². The van der Waals surface area contributed by atoms with Crippen LogP contribution in [-0.2, 0) is 10.0 Å². The number of carboxylic acids is 1. The van der Waals surface area contributed by atoms with Crippen LogP contribution in [0.5, 0.6) is 11.5 Å². The summed E-state index contributed by atoms with van der Waals surface area (Å²) in [5.74, 6) is -1.63. The van der Waals surface area contributed by atoms with Crippen molar-refractivity contribution >= 4 is 21.7 Å². The van der Waals surface area contributed by atoms with E-state index in [4.69, 9.17) is 9.47 Å². The number of fused-ring (bicyclic) bond motifs is 1. The molecular formula is C15H12FNO6S. The molecule has 9 heteroatoms. The Morgan fingerprint density at radius 1 is 1.12 bits per heavy atom. The smallest absolute Gasteiger partial charge is 0.337 e. The number of hydrogen-bond donors (Lipinski definition) is 2. The molecule has 2 aromatic rings. The molecule has 3 rings (SSSR count). The highest BCUT2D eigenvalue weighted by Gasteiger charge is 2.23. The van der Waals surface area contributed by atoms with E-state index in [1.54, 1.807) is 0 Å². The van der Waals surface area contributed by atoms with Crippen LogP contribution < -0.4 is 14.2 Å². The predicted molar refractivity (Wildman–Crippen MR) is 81.6 cm³/mol. The number of sulfonamides is 1. The molecule has 0 aromatic heterocycles. The van der Waals surface area contributed by atoms with Gasteiger partial charge in [0, 0.05) is 12.1 Å². The van der Waals surface area contributed by atoms with Crippen molar-refractivity contribution in [2.45, 2.75) is 4.90 Å². The Morgan fingerprint density at radius 2 is 1.79 bits per heavy atom. The van der Waals surface area contributed by atoms with E-state index in [0.29, 0.717) is 0 Å². The lowest BCUT2D eigenvalue weighted by molar-refractivity contribution is 0.0697. The summed E-state index contributed by atoms with van der Waals surface area (Å²) in [5, 5.41) is 9.29. The Morgan fingerprint density at radius 3 is 2.42 bits per heavy atom. The van der Waals surface area contributed by atoms with E-state index < -0.39 is 21.8 Å². The first kappa shape index (κ1) is 16.1. The summed E-state index contributed by atoms with van der Waals surface area (Å²) in [6, 6.07) is 6.79. The van der Waals surface area contributed by atoms with Crippen molar-refractivity contribution in [2.24, 2.45) is 0 Å². The van der Waals surface area contributed by atoms with Crippen LogP contribution in [0, 0.1) is 5.82 Å². The van der Waals surface area contributed by atoms with E-state index in [1.807, 2.05) is 0 Å². The first-order valence-electron chi connectivity index (χ1n) is 6.82. The third kappa shape index (κ3) is 3.11. The molecule has 0 atom stereocenters. The summed E-state index contributed by atoms with van der Waals surface area (Å²) in [5.41, 5.74) is -0.504. The van der Waals surface area contributed by atoms with Gasteiger partial charge in [0.1, 0.15) is 19.0 Å². The highest BCUT2D eigenvalue weighted by molar-refractivity contribution is 7.92. The number of ether oxygens (including phenoxy) is 2. The largest absolute Gasteiger partial charge is 0.486 e. The van der Waals surface area contributed by atoms with Gasteiger partial charge in [0.25, 0.3) is 10.0 Å². The van der Waals surface area contributed by atoms with Crippen molar-refractivity contribution in [3.8, 4) is 11.5 Å². The maximum absolute atomic E-state index is 13.2. The molecule has 0 saturated heterocycles. The summed E-state index contributed by atoms with van der Waals surface area (Å²) in [4.78, 5) is 11.1. The number of halogens is 1. The minimum absolute atomic E-state index is 0.198. The molecule has 0 aliphatic carbocycles. The second-order valence-electron chi connectivity index (χ2n) is 4.91. The molecule has 0 unspecified atom stereocenters. The fourth-order valence-electron chi connectivity index (χ4n) is 2.19. The van der Waals surface area contributed by atoms with Crippen LogP contribution in [0.2, 0.25) is 0 Å². The standard InChI is InChI=1S/C15H12FNO6S/c16-9-2-1-3-10(6-9)24(20,21)17-12-8-14-13(22-4-5-23-14)7-11(12)15(18)19/h1-3,6-8,17H,4-5H2,(H,18,19). The molecular weight excluding hydrogens is 341 g/mol. The van der Waals surface area contributed by atoms with Gasteiger partial charge in [0.05, 0.1) is 16.1 Å². The number of aromatic carboxylic acids is 1. The van der Waals surface area contributed by atoms with Crippen LogP contribution in [0.1, 0.15) is 10.4 Å². The molecule has 0 saturated carbocycles. The highest BCUT2D eigenvalue weighted by atomic mass is 32.2. The van der Waals surface area contributed by atoms with Gasteiger partial charge in [0.15, 0.2) is 11.5 Å². The molecule has 2 N–H and O–H groups in total. The Labute approximate surface area is 136 Å². The van der Waals surface area contributed by atoms with E-state index in [2.05, 4.69) is 4.72 Å². The zero-order valence-electron chi connectivity index (χ0n) is 12.2. The minimum atomic E-state index is -4.17. The number of nitrogens with one attached hydrogen (secondary N) is 1. The van der Waals surface area contributed by atoms with Gasteiger partial charge in [-0.05, 0) is 18.2 Å². The summed E-state index contributed by atoms with van der Waals surface area (Å²) >= 11 is 0.